The first-order valence-corrected chi connectivity index (χ1v) is 9.31. The third-order valence-electron chi connectivity index (χ3n) is 3.72. The highest BCUT2D eigenvalue weighted by molar-refractivity contribution is 7.20. The maximum absolute atomic E-state index is 12.2. The summed E-state index contributed by atoms with van der Waals surface area (Å²) in [5, 5.41) is 1.10. The van der Waals surface area contributed by atoms with Crippen LogP contribution in [0, 0.1) is 0 Å². The lowest BCUT2D eigenvalue weighted by Crippen LogP contribution is -2.06. The van der Waals surface area contributed by atoms with E-state index in [-0.39, 0.29) is 11.3 Å². The summed E-state index contributed by atoms with van der Waals surface area (Å²) in [5.41, 5.74) is 0. The number of esters is 1. The van der Waals surface area contributed by atoms with Crippen molar-refractivity contribution in [1.82, 2.24) is 0 Å². The summed E-state index contributed by atoms with van der Waals surface area (Å²) in [6, 6.07) is 5.56. The summed E-state index contributed by atoms with van der Waals surface area (Å²) in [7, 11) is 3.18. The molecular weight excluding hydrogens is 348 g/mol. The van der Waals surface area contributed by atoms with E-state index in [2.05, 4.69) is 6.92 Å². The van der Waals surface area contributed by atoms with E-state index in [1.807, 2.05) is 18.2 Å². The smallest absolute Gasteiger partial charge is 0.348 e. The molecule has 1 unspecified atom stereocenters. The monoisotopic (exact) mass is 370 g/mol. The number of rotatable bonds is 9. The van der Waals surface area contributed by atoms with E-state index in [1.165, 1.54) is 11.3 Å². The molecule has 0 amide bonds. The topological polar surface area (TPSA) is 44.8 Å². The number of halogens is 1. The molecule has 1 aromatic carbocycles. The van der Waals surface area contributed by atoms with Crippen LogP contribution in [0.15, 0.2) is 18.2 Å². The van der Waals surface area contributed by atoms with Gasteiger partial charge in [-0.3, -0.25) is 0 Å². The Kier molecular flexibility index (Phi) is 7.18. The number of benzene rings is 1. The molecule has 0 bridgehead atoms. The maximum Gasteiger partial charge on any atom is 0.348 e. The predicted molar refractivity (Wildman–Crippen MR) is 99.0 cm³/mol. The third kappa shape index (κ3) is 4.77. The van der Waals surface area contributed by atoms with Gasteiger partial charge in [-0.1, -0.05) is 13.3 Å². The molecule has 0 radical (unpaired) electrons. The molecule has 0 saturated heterocycles. The van der Waals surface area contributed by atoms with Gasteiger partial charge in [-0.2, -0.15) is 0 Å². The van der Waals surface area contributed by atoms with Gasteiger partial charge in [-0.05, 0) is 36.8 Å². The van der Waals surface area contributed by atoms with Crippen LogP contribution in [0.25, 0.3) is 10.1 Å². The first kappa shape index (κ1) is 18.9. The molecule has 0 spiro atoms. The molecule has 1 aromatic heterocycles. The van der Waals surface area contributed by atoms with Crippen molar-refractivity contribution in [3.05, 3.63) is 23.1 Å². The Hall–Kier alpha value is -1.46. The first-order valence-electron chi connectivity index (χ1n) is 8.05. The van der Waals surface area contributed by atoms with Crippen LogP contribution in [0.3, 0.4) is 0 Å². The van der Waals surface area contributed by atoms with Crippen LogP contribution in [-0.2, 0) is 4.74 Å². The summed E-state index contributed by atoms with van der Waals surface area (Å²) in [4.78, 5) is 12.8. The summed E-state index contributed by atoms with van der Waals surface area (Å²) in [6.07, 6.45) is 3.72. The van der Waals surface area contributed by atoms with Gasteiger partial charge in [0.15, 0.2) is 11.5 Å². The van der Waals surface area contributed by atoms with Gasteiger partial charge in [-0.15, -0.1) is 22.9 Å². The van der Waals surface area contributed by atoms with E-state index in [4.69, 9.17) is 25.8 Å². The summed E-state index contributed by atoms with van der Waals surface area (Å²) < 4.78 is 16.9. The minimum Gasteiger partial charge on any atom is -0.493 e. The van der Waals surface area contributed by atoms with Crippen molar-refractivity contribution in [3.63, 3.8) is 0 Å². The standard InChI is InChI=1S/C18H23ClO4S/c1-4-6-13(19)7-5-8-23-18(20)17-10-12-9-14(21-2)15(22-3)11-16(12)24-17/h9-11,13H,4-8H2,1-3H3. The molecule has 1 heterocycles. The molecule has 0 aliphatic heterocycles. The average molecular weight is 371 g/mol. The molecule has 0 aliphatic carbocycles. The maximum atomic E-state index is 12.2. The lowest BCUT2D eigenvalue weighted by atomic mass is 10.1. The first-order chi connectivity index (χ1) is 11.6. The Morgan fingerprint density at radius 2 is 1.88 bits per heavy atom. The lowest BCUT2D eigenvalue weighted by molar-refractivity contribution is 0.0503. The second-order valence-corrected chi connectivity index (χ2v) is 7.22. The van der Waals surface area contributed by atoms with Crippen molar-refractivity contribution >= 4 is 39.0 Å². The van der Waals surface area contributed by atoms with Gasteiger partial charge >= 0.3 is 5.97 Å². The molecular formula is C18H23ClO4S. The van der Waals surface area contributed by atoms with Gasteiger partial charge in [-0.25, -0.2) is 4.79 Å². The van der Waals surface area contributed by atoms with Crippen LogP contribution in [0.4, 0.5) is 0 Å². The molecule has 2 rings (SSSR count). The molecule has 0 aliphatic rings. The van der Waals surface area contributed by atoms with Crippen LogP contribution in [-0.4, -0.2) is 32.2 Å². The van der Waals surface area contributed by atoms with Gasteiger partial charge in [0.1, 0.15) is 4.88 Å². The Morgan fingerprint density at radius 3 is 2.54 bits per heavy atom. The number of hydrogen-bond donors (Lipinski definition) is 0. The van der Waals surface area contributed by atoms with E-state index in [0.717, 1.165) is 35.8 Å². The molecule has 2 aromatic rings. The highest BCUT2D eigenvalue weighted by Gasteiger charge is 2.15. The van der Waals surface area contributed by atoms with Gasteiger partial charge in [0.05, 0.1) is 20.8 Å². The van der Waals surface area contributed by atoms with Crippen molar-refractivity contribution in [2.24, 2.45) is 0 Å². The number of fused-ring (bicyclic) bond motifs is 1. The van der Waals surface area contributed by atoms with Crippen molar-refractivity contribution in [2.75, 3.05) is 20.8 Å². The van der Waals surface area contributed by atoms with Crippen molar-refractivity contribution in [3.8, 4) is 11.5 Å². The van der Waals surface area contributed by atoms with Crippen molar-refractivity contribution in [2.45, 2.75) is 38.0 Å². The number of hydrogen-bond acceptors (Lipinski definition) is 5. The summed E-state index contributed by atoms with van der Waals surface area (Å²) in [5.74, 6) is 0.999. The molecule has 4 nitrogen and oxygen atoms in total. The molecule has 0 N–H and O–H groups in total. The number of carbonyl (C=O) groups is 1. The highest BCUT2D eigenvalue weighted by Crippen LogP contribution is 2.36. The Balaban J connectivity index is 1.97. The van der Waals surface area contributed by atoms with E-state index in [0.29, 0.717) is 23.0 Å². The van der Waals surface area contributed by atoms with Crippen LogP contribution >= 0.6 is 22.9 Å². The van der Waals surface area contributed by atoms with Gasteiger partial charge in [0.25, 0.3) is 0 Å². The normalized spacial score (nSPS) is 12.2. The average Bonchev–Trinajstić information content (AvgIpc) is 3.00. The Morgan fingerprint density at radius 1 is 1.17 bits per heavy atom. The fraction of sp³-hybridized carbons (Fsp3) is 0.500. The summed E-state index contributed by atoms with van der Waals surface area (Å²) in [6.45, 7) is 2.51. The quantitative estimate of drug-likeness (QED) is 0.343. The van der Waals surface area contributed by atoms with Gasteiger partial charge < -0.3 is 14.2 Å². The predicted octanol–water partition coefficient (Wildman–Crippen LogP) is 5.26. The largest absolute Gasteiger partial charge is 0.493 e. The number of carbonyl (C=O) groups excluding carboxylic acids is 1. The lowest BCUT2D eigenvalue weighted by Gasteiger charge is -2.07. The van der Waals surface area contributed by atoms with E-state index in [1.54, 1.807) is 14.2 Å². The SMILES string of the molecule is CCCC(Cl)CCCOC(=O)c1cc2cc(OC)c(OC)cc2s1. The zero-order valence-electron chi connectivity index (χ0n) is 14.3. The number of alkyl halides is 1. The number of thiophene rings is 1. The van der Waals surface area contributed by atoms with Crippen LogP contribution in [0.2, 0.25) is 0 Å². The molecule has 132 valence electrons. The zero-order chi connectivity index (χ0) is 17.5. The van der Waals surface area contributed by atoms with Crippen molar-refractivity contribution < 1.29 is 19.0 Å². The fourth-order valence-corrected chi connectivity index (χ4v) is 3.80. The van der Waals surface area contributed by atoms with Gasteiger partial charge in [0.2, 0.25) is 0 Å². The molecule has 1 atom stereocenters. The molecule has 0 fully saturated rings. The van der Waals surface area contributed by atoms with E-state index >= 15 is 0 Å². The summed E-state index contributed by atoms with van der Waals surface area (Å²) >= 11 is 7.55. The Labute approximate surface area is 151 Å². The van der Waals surface area contributed by atoms with Crippen LogP contribution < -0.4 is 9.47 Å². The van der Waals surface area contributed by atoms with Crippen LogP contribution in [0.1, 0.15) is 42.3 Å². The fourth-order valence-electron chi connectivity index (χ4n) is 2.47. The second kappa shape index (κ2) is 9.14. The minimum atomic E-state index is -0.296. The third-order valence-corrected chi connectivity index (χ3v) is 5.23. The van der Waals surface area contributed by atoms with E-state index in [9.17, 15) is 4.79 Å². The molecule has 0 saturated carbocycles. The minimum absolute atomic E-state index is 0.165. The van der Waals surface area contributed by atoms with Crippen LogP contribution in [0.5, 0.6) is 11.5 Å². The van der Waals surface area contributed by atoms with Gasteiger partial charge in [0, 0.05) is 16.1 Å². The van der Waals surface area contributed by atoms with Crippen molar-refractivity contribution in [1.29, 1.82) is 0 Å². The highest BCUT2D eigenvalue weighted by atomic mass is 35.5. The van der Waals surface area contributed by atoms with E-state index < -0.39 is 0 Å². The molecule has 24 heavy (non-hydrogen) atoms. The number of methoxy groups -OCH3 is 2. The number of ether oxygens (including phenoxy) is 3. The molecule has 6 heteroatoms. The Bertz CT molecular complexity index is 642. The zero-order valence-corrected chi connectivity index (χ0v) is 15.8. The second-order valence-electron chi connectivity index (χ2n) is 5.52.